The number of ether oxygens (including phenoxy) is 4. The van der Waals surface area contributed by atoms with E-state index in [2.05, 4.69) is 20.6 Å². The van der Waals surface area contributed by atoms with Crippen molar-refractivity contribution >= 4 is 35.0 Å². The third-order valence-electron chi connectivity index (χ3n) is 10.4. The van der Waals surface area contributed by atoms with Crippen molar-refractivity contribution < 1.29 is 48.5 Å². The number of benzene rings is 1. The monoisotopic (exact) mass is 677 g/mol. The van der Waals surface area contributed by atoms with Gasteiger partial charge in [-0.25, -0.2) is 14.7 Å². The van der Waals surface area contributed by atoms with Crippen molar-refractivity contribution in [2.24, 2.45) is 15.9 Å². The van der Waals surface area contributed by atoms with Crippen molar-refractivity contribution in [3.05, 3.63) is 47.0 Å². The number of fused-ring (bicyclic) bond motifs is 3. The van der Waals surface area contributed by atoms with Crippen LogP contribution in [-0.2, 0) is 27.4 Å². The van der Waals surface area contributed by atoms with Gasteiger partial charge in [-0.05, 0) is 50.3 Å². The minimum Gasteiger partial charge on any atom is -0.496 e. The zero-order chi connectivity index (χ0) is 34.4. The summed E-state index contributed by atoms with van der Waals surface area (Å²) in [5.41, 5.74) is 1.39. The van der Waals surface area contributed by atoms with E-state index < -0.39 is 30.2 Å². The molecule has 6 aliphatic rings. The summed E-state index contributed by atoms with van der Waals surface area (Å²) in [6, 6.07) is 0. The zero-order valence-corrected chi connectivity index (χ0v) is 27.9. The maximum atomic E-state index is 13.1. The fraction of sp³-hybridized carbons (Fsp3) is 0.500. The molecule has 15 heteroatoms. The lowest BCUT2D eigenvalue weighted by Gasteiger charge is -2.39. The van der Waals surface area contributed by atoms with E-state index >= 15 is 0 Å². The number of amides is 1. The van der Waals surface area contributed by atoms with Crippen LogP contribution in [0.25, 0.3) is 5.57 Å². The van der Waals surface area contributed by atoms with E-state index in [1.165, 1.54) is 0 Å². The molecular weight excluding hydrogens is 634 g/mol. The first-order valence-corrected chi connectivity index (χ1v) is 16.9. The Morgan fingerprint density at radius 2 is 2.06 bits per heavy atom. The number of nitrogens with one attached hydrogen (secondary N) is 5. The molecule has 0 radical (unpaired) electrons. The van der Waals surface area contributed by atoms with Gasteiger partial charge in [0.25, 0.3) is 11.7 Å². The highest BCUT2D eigenvalue weighted by Crippen LogP contribution is 2.54. The van der Waals surface area contributed by atoms with Gasteiger partial charge in [0, 0.05) is 12.0 Å². The Balaban J connectivity index is 1.25. The molecule has 1 aromatic rings. The topological polar surface area (TPSA) is 193 Å². The first-order valence-electron chi connectivity index (χ1n) is 16.9. The van der Waals surface area contributed by atoms with E-state index in [0.29, 0.717) is 47.0 Å². The third-order valence-corrected chi connectivity index (χ3v) is 10.4. The van der Waals surface area contributed by atoms with Gasteiger partial charge in [0.15, 0.2) is 6.67 Å². The maximum Gasteiger partial charge on any atom is 0.374 e. The Morgan fingerprint density at radius 3 is 2.80 bits per heavy atom. The second-order valence-corrected chi connectivity index (χ2v) is 13.2. The fourth-order valence-electron chi connectivity index (χ4n) is 7.82. The number of carbonyl (C=O) groups is 2. The molecule has 1 aromatic carbocycles. The molecule has 7 rings (SSSR count). The van der Waals surface area contributed by atoms with Crippen LogP contribution in [0.15, 0.2) is 40.3 Å². The maximum absolute atomic E-state index is 13.1. The highest BCUT2D eigenvalue weighted by molar-refractivity contribution is 6.68. The molecule has 5 atom stereocenters. The predicted octanol–water partition coefficient (Wildman–Crippen LogP) is -0.952. The number of aliphatic hydroxyl groups excluding tert-OH is 1. The molecule has 49 heavy (non-hydrogen) atoms. The number of carbonyl (C=O) groups excluding carboxylic acids is 2. The lowest BCUT2D eigenvalue weighted by Crippen LogP contribution is -3.36. The molecule has 0 spiro atoms. The lowest BCUT2D eigenvalue weighted by molar-refractivity contribution is -1.05. The average Bonchev–Trinajstić information content (AvgIpc) is 3.85. The van der Waals surface area contributed by atoms with Crippen molar-refractivity contribution in [3.8, 4) is 17.2 Å². The molecule has 15 nitrogen and oxygen atoms in total. The molecular formula is C34H43N7O8+2. The Labute approximate surface area is 283 Å². The van der Waals surface area contributed by atoms with Gasteiger partial charge in [-0.1, -0.05) is 19.3 Å². The highest BCUT2D eigenvalue weighted by atomic mass is 16.6. The summed E-state index contributed by atoms with van der Waals surface area (Å²) < 4.78 is 24.0. The van der Waals surface area contributed by atoms with E-state index in [-0.39, 0.29) is 48.7 Å². The zero-order valence-electron chi connectivity index (χ0n) is 27.9. The van der Waals surface area contributed by atoms with Crippen molar-refractivity contribution in [1.82, 2.24) is 10.6 Å². The van der Waals surface area contributed by atoms with Crippen LogP contribution in [0, 0.1) is 11.3 Å². The van der Waals surface area contributed by atoms with Crippen LogP contribution in [0.5, 0.6) is 17.2 Å². The van der Waals surface area contributed by atoms with E-state index in [9.17, 15) is 19.8 Å². The van der Waals surface area contributed by atoms with Crippen molar-refractivity contribution in [2.75, 3.05) is 26.9 Å². The fourth-order valence-corrected chi connectivity index (χ4v) is 7.82. The molecule has 0 saturated heterocycles. The largest absolute Gasteiger partial charge is 0.496 e. The van der Waals surface area contributed by atoms with Gasteiger partial charge >= 0.3 is 12.3 Å². The smallest absolute Gasteiger partial charge is 0.374 e. The molecule has 7 N–H and O–H groups in total. The minimum absolute atomic E-state index is 0.0491. The summed E-state index contributed by atoms with van der Waals surface area (Å²) in [7, 11) is 1.56. The summed E-state index contributed by atoms with van der Waals surface area (Å²) in [5.74, 6) is 0.235. The standard InChI is InChI=1S/C34H41N7O8/c1-4-47-31(44)22-14-18(10-12-40-13-11-36-33(40)41-17-37-25-29(41)38-32(35)39-30(25)43)24-27(46-3)20-15-23(34(2,45)19-8-6-5-7-9-19)49-26(20)21(16-42)28(24)48-22/h10-11,13-14,19,23,33,36,42,45H,4-9,12,15-17H2,1-3H3,(H2,35,39,43)/p+2/b18-10+/t23-,33?,34+/m0/s1. The molecule has 260 valence electrons. The summed E-state index contributed by atoms with van der Waals surface area (Å²) >= 11 is 0. The number of aliphatic hydroxyl groups is 2. The number of esters is 1. The van der Waals surface area contributed by atoms with Crippen LogP contribution in [0.1, 0.15) is 62.6 Å². The first kappa shape index (κ1) is 33.0. The van der Waals surface area contributed by atoms with E-state index in [1.54, 1.807) is 20.1 Å². The van der Waals surface area contributed by atoms with Gasteiger partial charge < -0.3 is 29.2 Å². The van der Waals surface area contributed by atoms with Crippen molar-refractivity contribution in [2.45, 2.75) is 77.0 Å². The molecule has 1 aliphatic carbocycles. The van der Waals surface area contributed by atoms with Gasteiger partial charge in [0.1, 0.15) is 41.7 Å². The van der Waals surface area contributed by atoms with Gasteiger partial charge in [0.05, 0.1) is 37.7 Å². The second kappa shape index (κ2) is 13.0. The highest BCUT2D eigenvalue weighted by Gasteiger charge is 2.49. The number of nitrogens with zero attached hydrogens (tertiary/aromatic N) is 2. The van der Waals surface area contributed by atoms with E-state index in [1.807, 2.05) is 25.4 Å². The molecule has 0 bridgehead atoms. The molecule has 5 heterocycles. The number of methoxy groups -OCH3 is 1. The average molecular weight is 678 g/mol. The Hall–Kier alpha value is -4.57. The molecule has 1 fully saturated rings. The van der Waals surface area contributed by atoms with Gasteiger partial charge in [-0.15, -0.1) is 0 Å². The quantitative estimate of drug-likeness (QED) is 0.162. The van der Waals surface area contributed by atoms with Crippen LogP contribution in [-0.4, -0.2) is 84.5 Å². The normalized spacial score (nSPS) is 27.8. The lowest BCUT2D eigenvalue weighted by atomic mass is 9.74. The SMILES string of the molecule is CCOC(=O)C1=C/C(=C\C[NH+]2C=CNC2[NH+]2CN=C3C(=O)NC(=N)N=C32)c2c(OC)c3c(c(CO)c2O1)O[C@H]([C@](C)(O)C1CCCCC1)C3. The van der Waals surface area contributed by atoms with Crippen LogP contribution in [0.2, 0.25) is 0 Å². The number of amidine groups is 1. The van der Waals surface area contributed by atoms with Gasteiger partial charge in [-0.3, -0.25) is 20.8 Å². The Kier molecular flexibility index (Phi) is 8.77. The molecule has 3 unspecified atom stereocenters. The molecule has 5 aliphatic heterocycles. The Bertz CT molecular complexity index is 1740. The molecule has 1 amide bonds. The van der Waals surface area contributed by atoms with Gasteiger partial charge in [-0.2, -0.15) is 9.89 Å². The van der Waals surface area contributed by atoms with Gasteiger partial charge in [0.2, 0.25) is 17.4 Å². The number of quaternary nitrogens is 2. The number of rotatable bonds is 9. The van der Waals surface area contributed by atoms with Crippen molar-refractivity contribution in [1.29, 1.82) is 5.41 Å². The summed E-state index contributed by atoms with van der Waals surface area (Å²) in [5, 5.41) is 36.2. The number of guanidine groups is 1. The number of hydrogen-bond acceptors (Lipinski definition) is 11. The Morgan fingerprint density at radius 1 is 1.27 bits per heavy atom. The van der Waals surface area contributed by atoms with E-state index in [0.717, 1.165) is 47.5 Å². The minimum atomic E-state index is -1.11. The second-order valence-electron chi connectivity index (χ2n) is 13.2. The van der Waals surface area contributed by atoms with Crippen LogP contribution < -0.4 is 34.6 Å². The van der Waals surface area contributed by atoms with Crippen LogP contribution >= 0.6 is 0 Å². The number of allylic oxidation sites excluding steroid dienone is 2. The summed E-state index contributed by atoms with van der Waals surface area (Å²) in [6.07, 6.45) is 12.0. The molecule has 1 saturated carbocycles. The molecule has 0 aromatic heterocycles. The van der Waals surface area contributed by atoms with E-state index in [4.69, 9.17) is 24.4 Å². The van der Waals surface area contributed by atoms with Crippen molar-refractivity contribution in [3.63, 3.8) is 0 Å². The first-order chi connectivity index (χ1) is 23.7. The predicted molar refractivity (Wildman–Crippen MR) is 176 cm³/mol. The summed E-state index contributed by atoms with van der Waals surface area (Å²) in [6.45, 7) is 3.94. The third kappa shape index (κ3) is 5.69. The van der Waals surface area contributed by atoms with Crippen LogP contribution in [0.4, 0.5) is 0 Å². The van der Waals surface area contributed by atoms with Crippen LogP contribution in [0.3, 0.4) is 0 Å². The summed E-state index contributed by atoms with van der Waals surface area (Å²) in [4.78, 5) is 35.9. The number of aliphatic imine (C=N–C) groups is 2. The number of hydrogen-bond donors (Lipinski definition) is 7.